The molecule has 0 saturated carbocycles. The summed E-state index contributed by atoms with van der Waals surface area (Å²) in [6.45, 7) is 0.641. The number of carbonyl (C=O) groups is 1. The molecule has 1 aromatic rings. The van der Waals surface area contributed by atoms with Crippen LogP contribution in [-0.4, -0.2) is 24.2 Å². The Bertz CT molecular complexity index is 467. The van der Waals surface area contributed by atoms with Gasteiger partial charge in [-0.1, -0.05) is 0 Å². The summed E-state index contributed by atoms with van der Waals surface area (Å²) in [5.41, 5.74) is 0.120. The second-order valence-corrected chi connectivity index (χ2v) is 4.84. The molecule has 1 N–H and O–H groups in total. The lowest BCUT2D eigenvalue weighted by molar-refractivity contribution is -0.140. The lowest BCUT2D eigenvalue weighted by Gasteiger charge is -2.19. The zero-order valence-corrected chi connectivity index (χ0v) is 10.4. The Morgan fingerprint density at radius 1 is 1.41 bits per heavy atom. The van der Waals surface area contributed by atoms with E-state index in [1.54, 1.807) is 4.90 Å². The molecule has 92 valence electrons. The van der Waals surface area contributed by atoms with E-state index in [4.69, 9.17) is 5.11 Å². The van der Waals surface area contributed by atoms with Crippen molar-refractivity contribution >= 4 is 27.6 Å². The van der Waals surface area contributed by atoms with Crippen molar-refractivity contribution < 1.29 is 18.7 Å². The summed E-state index contributed by atoms with van der Waals surface area (Å²) >= 11 is 2.90. The zero-order chi connectivity index (χ0) is 12.6. The van der Waals surface area contributed by atoms with E-state index >= 15 is 0 Å². The summed E-state index contributed by atoms with van der Waals surface area (Å²) < 4.78 is 27.0. The number of hydrogen-bond donors (Lipinski definition) is 1. The van der Waals surface area contributed by atoms with E-state index in [9.17, 15) is 13.6 Å². The average Bonchev–Trinajstić information content (AvgIpc) is 2.72. The molecule has 1 saturated heterocycles. The van der Waals surface area contributed by atoms with Crippen LogP contribution in [0.2, 0.25) is 0 Å². The summed E-state index contributed by atoms with van der Waals surface area (Å²) in [6.07, 6.45) is 0.451. The molecular formula is C11H10BrF2NO2. The number of rotatable bonds is 2. The van der Waals surface area contributed by atoms with Gasteiger partial charge in [0.15, 0.2) is 0 Å². The van der Waals surface area contributed by atoms with Gasteiger partial charge in [-0.25, -0.2) is 8.78 Å². The van der Waals surface area contributed by atoms with Gasteiger partial charge in [0, 0.05) is 19.2 Å². The van der Waals surface area contributed by atoms with Crippen molar-refractivity contribution in [2.75, 3.05) is 18.0 Å². The summed E-state index contributed by atoms with van der Waals surface area (Å²) in [6, 6.07) is 2.14. The third kappa shape index (κ3) is 2.41. The number of benzene rings is 1. The number of aliphatic carboxylic acids is 1. The maximum Gasteiger partial charge on any atom is 0.308 e. The van der Waals surface area contributed by atoms with Crippen LogP contribution in [0.3, 0.4) is 0 Å². The molecular weight excluding hydrogens is 296 g/mol. The molecule has 2 rings (SSSR count). The van der Waals surface area contributed by atoms with E-state index in [1.165, 1.54) is 0 Å². The minimum absolute atomic E-state index is 0.0627. The number of anilines is 1. The fraction of sp³-hybridized carbons (Fsp3) is 0.364. The van der Waals surface area contributed by atoms with Crippen molar-refractivity contribution in [1.82, 2.24) is 0 Å². The predicted octanol–water partition coefficient (Wildman–Crippen LogP) is 2.64. The van der Waals surface area contributed by atoms with E-state index in [1.807, 2.05) is 0 Å². The van der Waals surface area contributed by atoms with Gasteiger partial charge < -0.3 is 10.0 Å². The normalized spacial score (nSPS) is 19.7. The van der Waals surface area contributed by atoms with E-state index in [-0.39, 0.29) is 16.7 Å². The molecule has 1 heterocycles. The Morgan fingerprint density at radius 3 is 2.71 bits per heavy atom. The minimum Gasteiger partial charge on any atom is -0.481 e. The van der Waals surface area contributed by atoms with Gasteiger partial charge in [-0.2, -0.15) is 0 Å². The number of carboxylic acids is 1. The van der Waals surface area contributed by atoms with Gasteiger partial charge in [0.1, 0.15) is 11.6 Å². The van der Waals surface area contributed by atoms with Gasteiger partial charge >= 0.3 is 5.97 Å². The maximum atomic E-state index is 13.6. The van der Waals surface area contributed by atoms with E-state index in [0.29, 0.717) is 13.0 Å². The van der Waals surface area contributed by atoms with Crippen molar-refractivity contribution in [3.63, 3.8) is 0 Å². The topological polar surface area (TPSA) is 40.5 Å². The van der Waals surface area contributed by atoms with Gasteiger partial charge in [-0.3, -0.25) is 4.79 Å². The Morgan fingerprint density at radius 2 is 2.12 bits per heavy atom. The fourth-order valence-electron chi connectivity index (χ4n) is 1.94. The minimum atomic E-state index is -0.898. The third-order valence-electron chi connectivity index (χ3n) is 2.87. The second-order valence-electron chi connectivity index (χ2n) is 3.99. The molecule has 17 heavy (non-hydrogen) atoms. The molecule has 0 unspecified atom stereocenters. The molecule has 0 amide bonds. The first kappa shape index (κ1) is 12.3. The highest BCUT2D eigenvalue weighted by Gasteiger charge is 2.29. The number of hydrogen-bond acceptors (Lipinski definition) is 2. The van der Waals surface area contributed by atoms with Gasteiger partial charge in [0.2, 0.25) is 0 Å². The van der Waals surface area contributed by atoms with Crippen molar-refractivity contribution in [2.45, 2.75) is 6.42 Å². The summed E-state index contributed by atoms with van der Waals surface area (Å²) in [5.74, 6) is -2.52. The van der Waals surface area contributed by atoms with Crippen molar-refractivity contribution in [2.24, 2.45) is 5.92 Å². The van der Waals surface area contributed by atoms with Crippen molar-refractivity contribution in [1.29, 1.82) is 0 Å². The Hall–Kier alpha value is -1.17. The molecule has 0 aromatic heterocycles. The van der Waals surface area contributed by atoms with Crippen LogP contribution in [0, 0.1) is 17.6 Å². The molecule has 1 atom stereocenters. The van der Waals surface area contributed by atoms with E-state index in [0.717, 1.165) is 12.1 Å². The molecule has 3 nitrogen and oxygen atoms in total. The first-order chi connectivity index (χ1) is 7.99. The molecule has 0 spiro atoms. The maximum absolute atomic E-state index is 13.6. The van der Waals surface area contributed by atoms with Crippen LogP contribution in [0.5, 0.6) is 0 Å². The SMILES string of the molecule is O=C(O)[C@H]1CCN(c2cc(F)c(Br)cc2F)C1. The van der Waals surface area contributed by atoms with Gasteiger partial charge in [-0.05, 0) is 28.4 Å². The molecule has 1 fully saturated rings. The highest BCUT2D eigenvalue weighted by atomic mass is 79.9. The van der Waals surface area contributed by atoms with Crippen molar-refractivity contribution in [3.05, 3.63) is 28.2 Å². The average molecular weight is 306 g/mol. The molecule has 1 aromatic carbocycles. The van der Waals surface area contributed by atoms with Crippen LogP contribution in [0.25, 0.3) is 0 Å². The largest absolute Gasteiger partial charge is 0.481 e. The highest BCUT2D eigenvalue weighted by Crippen LogP contribution is 2.30. The van der Waals surface area contributed by atoms with E-state index in [2.05, 4.69) is 15.9 Å². The smallest absolute Gasteiger partial charge is 0.308 e. The zero-order valence-electron chi connectivity index (χ0n) is 8.79. The summed E-state index contributed by atoms with van der Waals surface area (Å²) in [5, 5.41) is 8.84. The second kappa shape index (κ2) is 4.60. The molecule has 1 aliphatic heterocycles. The predicted molar refractivity (Wildman–Crippen MR) is 62.0 cm³/mol. The monoisotopic (exact) mass is 305 g/mol. The Kier molecular flexibility index (Phi) is 3.33. The Balaban J connectivity index is 2.24. The van der Waals surface area contributed by atoms with Crippen LogP contribution >= 0.6 is 15.9 Å². The van der Waals surface area contributed by atoms with Crippen LogP contribution in [0.1, 0.15) is 6.42 Å². The van der Waals surface area contributed by atoms with Crippen LogP contribution in [-0.2, 0) is 4.79 Å². The van der Waals surface area contributed by atoms with Crippen LogP contribution in [0.4, 0.5) is 14.5 Å². The highest BCUT2D eigenvalue weighted by molar-refractivity contribution is 9.10. The van der Waals surface area contributed by atoms with Crippen LogP contribution in [0.15, 0.2) is 16.6 Å². The van der Waals surface area contributed by atoms with E-state index < -0.39 is 23.5 Å². The molecule has 0 bridgehead atoms. The van der Waals surface area contributed by atoms with Crippen LogP contribution < -0.4 is 4.90 Å². The Labute approximate surface area is 105 Å². The van der Waals surface area contributed by atoms with Crippen molar-refractivity contribution in [3.8, 4) is 0 Å². The van der Waals surface area contributed by atoms with Gasteiger partial charge in [0.05, 0.1) is 16.1 Å². The van der Waals surface area contributed by atoms with Gasteiger partial charge in [0.25, 0.3) is 0 Å². The number of nitrogens with zero attached hydrogens (tertiary/aromatic N) is 1. The summed E-state index contributed by atoms with van der Waals surface area (Å²) in [7, 11) is 0. The molecule has 6 heteroatoms. The first-order valence-electron chi connectivity index (χ1n) is 5.11. The summed E-state index contributed by atoms with van der Waals surface area (Å²) in [4.78, 5) is 12.3. The third-order valence-corrected chi connectivity index (χ3v) is 3.48. The first-order valence-corrected chi connectivity index (χ1v) is 5.90. The number of halogens is 3. The standard InChI is InChI=1S/C11H10BrF2NO2/c12-7-3-9(14)10(4-8(7)13)15-2-1-6(5-15)11(16)17/h3-4,6H,1-2,5H2,(H,16,17)/t6-/m0/s1. The molecule has 0 radical (unpaired) electrons. The molecule has 1 aliphatic rings. The lowest BCUT2D eigenvalue weighted by atomic mass is 10.1. The number of carboxylic acid groups (broad SMARTS) is 1. The fourth-order valence-corrected chi connectivity index (χ4v) is 2.25. The van der Waals surface area contributed by atoms with Gasteiger partial charge in [-0.15, -0.1) is 0 Å². The molecule has 0 aliphatic carbocycles. The quantitative estimate of drug-likeness (QED) is 0.854. The lowest BCUT2D eigenvalue weighted by Crippen LogP contribution is -2.23.